The van der Waals surface area contributed by atoms with Crippen LogP contribution < -0.4 is 10.6 Å². The number of rotatable bonds is 3. The number of benzene rings is 1. The molecule has 18 heavy (non-hydrogen) atoms. The second-order valence-electron chi connectivity index (χ2n) is 3.61. The third-order valence-corrected chi connectivity index (χ3v) is 2.64. The number of anilines is 2. The molecule has 0 aliphatic carbocycles. The van der Waals surface area contributed by atoms with E-state index >= 15 is 0 Å². The number of halogens is 1. The Morgan fingerprint density at radius 3 is 2.61 bits per heavy atom. The molecule has 0 spiro atoms. The Labute approximate surface area is 110 Å². The average Bonchev–Trinajstić information content (AvgIpc) is 2.41. The lowest BCUT2D eigenvalue weighted by atomic mass is 10.2. The van der Waals surface area contributed by atoms with E-state index in [2.05, 4.69) is 15.6 Å². The van der Waals surface area contributed by atoms with Gasteiger partial charge in [-0.3, -0.25) is 4.79 Å². The number of aromatic nitrogens is 1. The molecule has 0 saturated carbocycles. The molecule has 0 aliphatic rings. The van der Waals surface area contributed by atoms with Crippen LogP contribution in [0.15, 0.2) is 42.6 Å². The maximum atomic E-state index is 11.7. The van der Waals surface area contributed by atoms with Gasteiger partial charge < -0.3 is 10.6 Å². The van der Waals surface area contributed by atoms with Crippen LogP contribution >= 0.6 is 11.6 Å². The molecule has 0 atom stereocenters. The van der Waals surface area contributed by atoms with Crippen LogP contribution in [0.5, 0.6) is 0 Å². The Morgan fingerprint density at radius 1 is 1.22 bits per heavy atom. The molecule has 2 aromatic rings. The third-order valence-electron chi connectivity index (χ3n) is 2.39. The molecular formula is C13H12ClN3O. The molecule has 0 saturated heterocycles. The second-order valence-corrected chi connectivity index (χ2v) is 4.05. The van der Waals surface area contributed by atoms with Crippen molar-refractivity contribution in [2.45, 2.75) is 0 Å². The highest BCUT2D eigenvalue weighted by Crippen LogP contribution is 2.20. The maximum absolute atomic E-state index is 11.7. The van der Waals surface area contributed by atoms with Crippen molar-refractivity contribution in [2.75, 3.05) is 12.4 Å². The molecule has 1 heterocycles. The quantitative estimate of drug-likeness (QED) is 0.893. The van der Waals surface area contributed by atoms with Crippen molar-refractivity contribution in [1.29, 1.82) is 0 Å². The molecule has 1 amide bonds. The number of hydrogen-bond acceptors (Lipinski definition) is 3. The molecule has 0 bridgehead atoms. The predicted octanol–water partition coefficient (Wildman–Crippen LogP) is 2.84. The van der Waals surface area contributed by atoms with Gasteiger partial charge in [-0.2, -0.15) is 0 Å². The normalized spacial score (nSPS) is 9.89. The number of nitrogens with one attached hydrogen (secondary N) is 2. The van der Waals surface area contributed by atoms with Gasteiger partial charge in [0.1, 0.15) is 5.82 Å². The van der Waals surface area contributed by atoms with Crippen molar-refractivity contribution in [3.8, 4) is 0 Å². The smallest absolute Gasteiger partial charge is 0.254 e. The summed E-state index contributed by atoms with van der Waals surface area (Å²) in [4.78, 5) is 15.8. The van der Waals surface area contributed by atoms with Crippen LogP contribution in [-0.2, 0) is 0 Å². The number of nitrogens with zero attached hydrogens (tertiary/aromatic N) is 1. The molecule has 2 rings (SSSR count). The maximum Gasteiger partial charge on any atom is 0.254 e. The molecular weight excluding hydrogens is 250 g/mol. The zero-order valence-corrected chi connectivity index (χ0v) is 10.5. The summed E-state index contributed by atoms with van der Waals surface area (Å²) in [5, 5.41) is 6.32. The van der Waals surface area contributed by atoms with Gasteiger partial charge in [0.25, 0.3) is 5.91 Å². The largest absolute Gasteiger partial charge is 0.355 e. The van der Waals surface area contributed by atoms with Crippen LogP contribution in [0.25, 0.3) is 0 Å². The topological polar surface area (TPSA) is 54.0 Å². The van der Waals surface area contributed by atoms with Crippen molar-refractivity contribution in [1.82, 2.24) is 10.3 Å². The van der Waals surface area contributed by atoms with Crippen LogP contribution in [0.2, 0.25) is 5.02 Å². The fourth-order valence-corrected chi connectivity index (χ4v) is 1.62. The lowest BCUT2D eigenvalue weighted by Crippen LogP contribution is -2.19. The molecule has 0 aliphatic heterocycles. The van der Waals surface area contributed by atoms with E-state index in [1.807, 2.05) is 12.1 Å². The first-order valence-electron chi connectivity index (χ1n) is 5.40. The van der Waals surface area contributed by atoms with E-state index in [0.717, 1.165) is 5.69 Å². The average molecular weight is 262 g/mol. The third kappa shape index (κ3) is 2.78. The van der Waals surface area contributed by atoms with Crippen LogP contribution in [0.3, 0.4) is 0 Å². The molecule has 92 valence electrons. The lowest BCUT2D eigenvalue weighted by molar-refractivity contribution is 0.0963. The van der Waals surface area contributed by atoms with Gasteiger partial charge in [-0.15, -0.1) is 0 Å². The Bertz CT molecular complexity index is 554. The van der Waals surface area contributed by atoms with Crippen molar-refractivity contribution in [3.05, 3.63) is 53.2 Å². The summed E-state index contributed by atoms with van der Waals surface area (Å²) in [5.41, 5.74) is 1.32. The molecule has 4 nitrogen and oxygen atoms in total. The van der Waals surface area contributed by atoms with Gasteiger partial charge in [-0.05, 0) is 36.4 Å². The first kappa shape index (κ1) is 12.4. The summed E-state index contributed by atoms with van der Waals surface area (Å²) in [6.45, 7) is 0. The fraction of sp³-hybridized carbons (Fsp3) is 0.0769. The van der Waals surface area contributed by atoms with E-state index in [9.17, 15) is 4.79 Å². The van der Waals surface area contributed by atoms with Gasteiger partial charge in [0.15, 0.2) is 0 Å². The first-order chi connectivity index (χ1) is 8.70. The van der Waals surface area contributed by atoms with Crippen molar-refractivity contribution < 1.29 is 4.79 Å². The monoisotopic (exact) mass is 261 g/mol. The van der Waals surface area contributed by atoms with Gasteiger partial charge in [-0.25, -0.2) is 4.98 Å². The highest BCUT2D eigenvalue weighted by Gasteiger charge is 2.10. The zero-order valence-electron chi connectivity index (χ0n) is 9.77. The Kier molecular flexibility index (Phi) is 3.79. The number of carbonyl (C=O) groups is 1. The van der Waals surface area contributed by atoms with E-state index in [0.29, 0.717) is 16.4 Å². The van der Waals surface area contributed by atoms with Gasteiger partial charge in [-0.1, -0.05) is 11.6 Å². The minimum atomic E-state index is -0.181. The Balaban J connectivity index is 2.28. The molecule has 0 unspecified atom stereocenters. The van der Waals surface area contributed by atoms with E-state index in [-0.39, 0.29) is 5.91 Å². The van der Waals surface area contributed by atoms with Crippen LogP contribution in [-0.4, -0.2) is 17.9 Å². The van der Waals surface area contributed by atoms with E-state index < -0.39 is 0 Å². The highest BCUT2D eigenvalue weighted by molar-refractivity contribution is 6.30. The summed E-state index contributed by atoms with van der Waals surface area (Å²) in [6.07, 6.45) is 1.63. The second kappa shape index (κ2) is 5.51. The summed E-state index contributed by atoms with van der Waals surface area (Å²) >= 11 is 5.81. The lowest BCUT2D eigenvalue weighted by Gasteiger charge is -2.09. The van der Waals surface area contributed by atoms with Crippen molar-refractivity contribution in [2.24, 2.45) is 0 Å². The summed E-state index contributed by atoms with van der Waals surface area (Å²) in [6, 6.07) is 10.6. The number of amides is 1. The first-order valence-corrected chi connectivity index (χ1v) is 5.78. The Morgan fingerprint density at radius 2 is 1.94 bits per heavy atom. The van der Waals surface area contributed by atoms with E-state index in [1.54, 1.807) is 37.5 Å². The predicted molar refractivity (Wildman–Crippen MR) is 72.4 cm³/mol. The number of carbonyl (C=O) groups excluding carboxylic acids is 1. The summed E-state index contributed by atoms with van der Waals surface area (Å²) < 4.78 is 0. The van der Waals surface area contributed by atoms with E-state index in [4.69, 9.17) is 11.6 Å². The molecule has 1 aromatic heterocycles. The highest BCUT2D eigenvalue weighted by atomic mass is 35.5. The number of hydrogen-bond donors (Lipinski definition) is 2. The zero-order chi connectivity index (χ0) is 13.0. The Hall–Kier alpha value is -2.07. The van der Waals surface area contributed by atoms with E-state index in [1.165, 1.54) is 0 Å². The van der Waals surface area contributed by atoms with Crippen LogP contribution in [0, 0.1) is 0 Å². The van der Waals surface area contributed by atoms with Gasteiger partial charge >= 0.3 is 0 Å². The molecule has 1 aromatic carbocycles. The van der Waals surface area contributed by atoms with Crippen molar-refractivity contribution in [3.63, 3.8) is 0 Å². The van der Waals surface area contributed by atoms with Crippen molar-refractivity contribution >= 4 is 29.0 Å². The van der Waals surface area contributed by atoms with Gasteiger partial charge in [0.2, 0.25) is 0 Å². The van der Waals surface area contributed by atoms with Gasteiger partial charge in [0, 0.05) is 24.0 Å². The fourth-order valence-electron chi connectivity index (χ4n) is 1.49. The molecule has 0 radical (unpaired) electrons. The minimum Gasteiger partial charge on any atom is -0.355 e. The van der Waals surface area contributed by atoms with Gasteiger partial charge in [0.05, 0.1) is 5.56 Å². The summed E-state index contributed by atoms with van der Waals surface area (Å²) in [5.74, 6) is 0.332. The van der Waals surface area contributed by atoms with Crippen LogP contribution in [0.1, 0.15) is 10.4 Å². The standard InChI is InChI=1S/C13H12ClN3O/c1-15-13(18)11-3-2-8-16-12(11)17-10-6-4-9(14)5-7-10/h2-8H,1H3,(H,15,18)(H,16,17). The minimum absolute atomic E-state index is 0.181. The SMILES string of the molecule is CNC(=O)c1cccnc1Nc1ccc(Cl)cc1. The molecule has 5 heteroatoms. The van der Waals surface area contributed by atoms with Crippen LogP contribution in [0.4, 0.5) is 11.5 Å². The summed E-state index contributed by atoms with van der Waals surface area (Å²) in [7, 11) is 1.58. The molecule has 2 N–H and O–H groups in total. The number of pyridine rings is 1. The molecule has 0 fully saturated rings.